The van der Waals surface area contributed by atoms with E-state index in [4.69, 9.17) is 4.74 Å². The fourth-order valence-electron chi connectivity index (χ4n) is 1.79. The number of hydrogen-bond acceptors (Lipinski definition) is 2. The molecule has 1 saturated heterocycles. The second-order valence-electron chi connectivity index (χ2n) is 3.87. The highest BCUT2D eigenvalue weighted by Gasteiger charge is 2.19. The van der Waals surface area contributed by atoms with Gasteiger partial charge in [-0.2, -0.15) is 0 Å². The molecule has 15 heavy (non-hydrogen) atoms. The van der Waals surface area contributed by atoms with E-state index in [1.165, 1.54) is 0 Å². The summed E-state index contributed by atoms with van der Waals surface area (Å²) in [6.07, 6.45) is 1.62. The molecule has 1 fully saturated rings. The van der Waals surface area contributed by atoms with Crippen LogP contribution in [0.25, 0.3) is 0 Å². The Hall–Kier alpha value is -0.670. The number of ketones is 1. The molecule has 0 aliphatic carbocycles. The second kappa shape index (κ2) is 4.90. The molecule has 1 heterocycles. The van der Waals surface area contributed by atoms with Crippen LogP contribution >= 0.6 is 15.9 Å². The van der Waals surface area contributed by atoms with Crippen molar-refractivity contribution in [1.82, 2.24) is 0 Å². The lowest BCUT2D eigenvalue weighted by Gasteiger charge is -2.06. The van der Waals surface area contributed by atoms with Crippen LogP contribution < -0.4 is 0 Å². The van der Waals surface area contributed by atoms with E-state index >= 15 is 0 Å². The van der Waals surface area contributed by atoms with Crippen LogP contribution in [0, 0.1) is 5.92 Å². The first-order valence-corrected chi connectivity index (χ1v) is 5.91. The maximum absolute atomic E-state index is 11.9. The summed E-state index contributed by atoms with van der Waals surface area (Å²) in [7, 11) is 0. The molecule has 0 radical (unpaired) electrons. The highest BCUT2D eigenvalue weighted by atomic mass is 79.9. The summed E-state index contributed by atoms with van der Waals surface area (Å²) in [4.78, 5) is 11.9. The first-order valence-electron chi connectivity index (χ1n) is 5.12. The summed E-state index contributed by atoms with van der Waals surface area (Å²) in [5.74, 6) is 0.628. The van der Waals surface area contributed by atoms with Crippen LogP contribution in [0.5, 0.6) is 0 Å². The number of hydrogen-bond donors (Lipinski definition) is 0. The van der Waals surface area contributed by atoms with Gasteiger partial charge in [-0.25, -0.2) is 0 Å². The van der Waals surface area contributed by atoms with Crippen molar-refractivity contribution in [3.05, 3.63) is 34.3 Å². The number of rotatable bonds is 3. The Kier molecular flexibility index (Phi) is 3.54. The number of carbonyl (C=O) groups excluding carboxylic acids is 1. The molecule has 80 valence electrons. The summed E-state index contributed by atoms with van der Waals surface area (Å²) in [6.45, 7) is 1.54. The number of Topliss-reactive ketones (excluding diaryl/α,β-unsaturated/α-hetero) is 1. The molecular formula is C12H13BrO2. The number of carbonyl (C=O) groups is 1. The minimum Gasteiger partial charge on any atom is -0.381 e. The molecule has 1 unspecified atom stereocenters. The smallest absolute Gasteiger partial charge is 0.163 e. The average Bonchev–Trinajstić information content (AvgIpc) is 2.70. The zero-order valence-corrected chi connectivity index (χ0v) is 10.00. The lowest BCUT2D eigenvalue weighted by Crippen LogP contribution is -2.08. The Morgan fingerprint density at radius 2 is 2.40 bits per heavy atom. The molecule has 1 atom stereocenters. The van der Waals surface area contributed by atoms with Crippen molar-refractivity contribution < 1.29 is 9.53 Å². The Bertz CT molecular complexity index is 356. The van der Waals surface area contributed by atoms with Gasteiger partial charge in [0.15, 0.2) is 5.78 Å². The van der Waals surface area contributed by atoms with Crippen LogP contribution in [0.2, 0.25) is 0 Å². The lowest BCUT2D eigenvalue weighted by molar-refractivity contribution is 0.0952. The van der Waals surface area contributed by atoms with Crippen molar-refractivity contribution in [3.63, 3.8) is 0 Å². The van der Waals surface area contributed by atoms with Gasteiger partial charge in [0, 0.05) is 29.7 Å². The van der Waals surface area contributed by atoms with Crippen LogP contribution in [0.3, 0.4) is 0 Å². The van der Waals surface area contributed by atoms with Crippen LogP contribution in [0.1, 0.15) is 23.2 Å². The zero-order valence-electron chi connectivity index (χ0n) is 8.41. The van der Waals surface area contributed by atoms with Gasteiger partial charge in [0.05, 0.1) is 0 Å². The highest BCUT2D eigenvalue weighted by Crippen LogP contribution is 2.20. The SMILES string of the molecule is O=C(CC1CCOC1)c1cccc(Br)c1. The van der Waals surface area contributed by atoms with Gasteiger partial charge in [-0.1, -0.05) is 28.1 Å². The van der Waals surface area contributed by atoms with E-state index in [-0.39, 0.29) is 5.78 Å². The molecule has 1 aliphatic heterocycles. The van der Waals surface area contributed by atoms with E-state index in [1.54, 1.807) is 0 Å². The predicted molar refractivity (Wildman–Crippen MR) is 62.0 cm³/mol. The van der Waals surface area contributed by atoms with Gasteiger partial charge in [-0.15, -0.1) is 0 Å². The number of benzene rings is 1. The van der Waals surface area contributed by atoms with Crippen molar-refractivity contribution in [3.8, 4) is 0 Å². The normalized spacial score (nSPS) is 20.5. The van der Waals surface area contributed by atoms with E-state index in [0.717, 1.165) is 29.7 Å². The van der Waals surface area contributed by atoms with Gasteiger partial charge in [0.25, 0.3) is 0 Å². The fourth-order valence-corrected chi connectivity index (χ4v) is 2.19. The van der Waals surface area contributed by atoms with Crippen LogP contribution in [-0.2, 0) is 4.74 Å². The second-order valence-corrected chi connectivity index (χ2v) is 4.78. The van der Waals surface area contributed by atoms with Crippen LogP contribution in [0.15, 0.2) is 28.7 Å². The van der Waals surface area contributed by atoms with Crippen LogP contribution in [-0.4, -0.2) is 19.0 Å². The summed E-state index contributed by atoms with van der Waals surface area (Å²) in [6, 6.07) is 7.55. The number of ether oxygens (including phenoxy) is 1. The largest absolute Gasteiger partial charge is 0.381 e. The lowest BCUT2D eigenvalue weighted by atomic mass is 9.98. The molecule has 0 amide bonds. The third-order valence-electron chi connectivity index (χ3n) is 2.64. The third kappa shape index (κ3) is 2.89. The van der Waals surface area contributed by atoms with Gasteiger partial charge in [0.1, 0.15) is 0 Å². The minimum absolute atomic E-state index is 0.215. The standard InChI is InChI=1S/C12H13BrO2/c13-11-3-1-2-10(7-11)12(14)6-9-4-5-15-8-9/h1-3,7,9H,4-6,8H2. The first-order chi connectivity index (χ1) is 7.25. The highest BCUT2D eigenvalue weighted by molar-refractivity contribution is 9.10. The maximum atomic E-state index is 11.9. The molecule has 2 rings (SSSR count). The molecule has 0 saturated carbocycles. The molecular weight excluding hydrogens is 256 g/mol. The Balaban J connectivity index is 2.01. The summed E-state index contributed by atoms with van der Waals surface area (Å²) in [5.41, 5.74) is 0.788. The topological polar surface area (TPSA) is 26.3 Å². The molecule has 0 spiro atoms. The van der Waals surface area contributed by atoms with Crippen molar-refractivity contribution in [2.24, 2.45) is 5.92 Å². The van der Waals surface area contributed by atoms with Crippen LogP contribution in [0.4, 0.5) is 0 Å². The molecule has 1 aromatic rings. The summed E-state index contributed by atoms with van der Waals surface area (Å²) >= 11 is 3.37. The average molecular weight is 269 g/mol. The Labute approximate surface area is 97.8 Å². The van der Waals surface area contributed by atoms with Gasteiger partial charge >= 0.3 is 0 Å². The van der Waals surface area contributed by atoms with E-state index in [9.17, 15) is 4.79 Å². The van der Waals surface area contributed by atoms with Crippen molar-refractivity contribution in [2.75, 3.05) is 13.2 Å². The minimum atomic E-state index is 0.215. The van der Waals surface area contributed by atoms with Gasteiger partial charge in [-0.3, -0.25) is 4.79 Å². The molecule has 0 N–H and O–H groups in total. The molecule has 1 aliphatic rings. The first kappa shape index (κ1) is 10.8. The third-order valence-corrected chi connectivity index (χ3v) is 3.14. The molecule has 0 aromatic heterocycles. The summed E-state index contributed by atoms with van der Waals surface area (Å²) in [5, 5.41) is 0. The van der Waals surface area contributed by atoms with E-state index < -0.39 is 0 Å². The molecule has 3 heteroatoms. The Morgan fingerprint density at radius 1 is 1.53 bits per heavy atom. The fraction of sp³-hybridized carbons (Fsp3) is 0.417. The van der Waals surface area contributed by atoms with Gasteiger partial charge in [0.2, 0.25) is 0 Å². The van der Waals surface area contributed by atoms with Crippen molar-refractivity contribution in [1.29, 1.82) is 0 Å². The van der Waals surface area contributed by atoms with Gasteiger partial charge in [-0.05, 0) is 24.5 Å². The van der Waals surface area contributed by atoms with Crippen molar-refractivity contribution >= 4 is 21.7 Å². The zero-order chi connectivity index (χ0) is 10.7. The number of halogens is 1. The maximum Gasteiger partial charge on any atom is 0.163 e. The molecule has 1 aromatic carbocycles. The molecule has 0 bridgehead atoms. The van der Waals surface area contributed by atoms with Gasteiger partial charge < -0.3 is 4.74 Å². The monoisotopic (exact) mass is 268 g/mol. The van der Waals surface area contributed by atoms with E-state index in [2.05, 4.69) is 15.9 Å². The summed E-state index contributed by atoms with van der Waals surface area (Å²) < 4.78 is 6.21. The quantitative estimate of drug-likeness (QED) is 0.788. The Morgan fingerprint density at radius 3 is 3.07 bits per heavy atom. The predicted octanol–water partition coefficient (Wildman–Crippen LogP) is 3.06. The van der Waals surface area contributed by atoms with Crippen molar-refractivity contribution in [2.45, 2.75) is 12.8 Å². The van der Waals surface area contributed by atoms with E-state index in [0.29, 0.717) is 12.3 Å². The molecule has 2 nitrogen and oxygen atoms in total. The van der Waals surface area contributed by atoms with E-state index in [1.807, 2.05) is 24.3 Å².